The predicted molar refractivity (Wildman–Crippen MR) is 107 cm³/mol. The molecule has 1 atom stereocenters. The van der Waals surface area contributed by atoms with E-state index in [-0.39, 0.29) is 18.4 Å². The summed E-state index contributed by atoms with van der Waals surface area (Å²) in [5.41, 5.74) is 3.09. The van der Waals surface area contributed by atoms with Crippen molar-refractivity contribution in [2.45, 2.75) is 40.3 Å². The fourth-order valence-electron chi connectivity index (χ4n) is 2.74. The van der Waals surface area contributed by atoms with E-state index in [1.807, 2.05) is 69.3 Å². The second kappa shape index (κ2) is 9.76. The van der Waals surface area contributed by atoms with Crippen molar-refractivity contribution in [2.75, 3.05) is 13.2 Å². The fraction of sp³-hybridized carbons (Fsp3) is 0.364. The van der Waals surface area contributed by atoms with Crippen molar-refractivity contribution >= 4 is 11.8 Å². The van der Waals surface area contributed by atoms with Gasteiger partial charge in [0.2, 0.25) is 5.91 Å². The Bertz CT molecular complexity index is 771. The number of aryl methyl sites for hydroxylation is 2. The number of nitrogens with one attached hydrogen (secondary N) is 1. The summed E-state index contributed by atoms with van der Waals surface area (Å²) in [4.78, 5) is 26.7. The minimum absolute atomic E-state index is 0.111. The first-order valence-corrected chi connectivity index (χ1v) is 9.23. The number of carbonyl (C=O) groups is 2. The van der Waals surface area contributed by atoms with Gasteiger partial charge < -0.3 is 15.0 Å². The molecule has 5 nitrogen and oxygen atoms in total. The minimum Gasteiger partial charge on any atom is -0.484 e. The summed E-state index contributed by atoms with van der Waals surface area (Å²) in [6.07, 6.45) is 0. The van der Waals surface area contributed by atoms with Crippen LogP contribution >= 0.6 is 0 Å². The van der Waals surface area contributed by atoms with Gasteiger partial charge >= 0.3 is 0 Å². The highest BCUT2D eigenvalue weighted by molar-refractivity contribution is 5.87. The zero-order valence-electron chi connectivity index (χ0n) is 16.5. The third kappa shape index (κ3) is 5.84. The molecular formula is C22H28N2O3. The molecular weight excluding hydrogens is 340 g/mol. The van der Waals surface area contributed by atoms with Crippen LogP contribution in [0.2, 0.25) is 0 Å². The molecule has 2 amide bonds. The Balaban J connectivity index is 2.14. The highest BCUT2D eigenvalue weighted by Crippen LogP contribution is 2.17. The molecule has 0 aliphatic heterocycles. The van der Waals surface area contributed by atoms with Crippen molar-refractivity contribution in [1.29, 1.82) is 0 Å². The Labute approximate surface area is 161 Å². The average Bonchev–Trinajstić information content (AvgIpc) is 2.66. The summed E-state index contributed by atoms with van der Waals surface area (Å²) in [6.45, 7) is 8.31. The van der Waals surface area contributed by atoms with Crippen LogP contribution < -0.4 is 10.1 Å². The van der Waals surface area contributed by atoms with Crippen LogP contribution in [0.5, 0.6) is 5.75 Å². The summed E-state index contributed by atoms with van der Waals surface area (Å²) < 4.78 is 5.70. The largest absolute Gasteiger partial charge is 0.484 e. The van der Waals surface area contributed by atoms with Gasteiger partial charge in [0.15, 0.2) is 6.61 Å². The van der Waals surface area contributed by atoms with Gasteiger partial charge in [0, 0.05) is 13.1 Å². The number of nitrogens with zero attached hydrogens (tertiary/aromatic N) is 1. The molecule has 0 saturated heterocycles. The monoisotopic (exact) mass is 368 g/mol. The second-order valence-corrected chi connectivity index (χ2v) is 6.63. The molecule has 0 aromatic heterocycles. The standard InChI is InChI=1S/C22H28N2O3/c1-5-23-22(26)18(4)24(14-19-12-10-16(2)11-13-19)21(25)15-27-20-9-7-6-8-17(20)3/h6-13,18H,5,14-15H2,1-4H3,(H,23,26)/t18-/m0/s1. The molecule has 1 N–H and O–H groups in total. The van der Waals surface area contributed by atoms with Gasteiger partial charge in [-0.15, -0.1) is 0 Å². The number of amides is 2. The zero-order valence-corrected chi connectivity index (χ0v) is 16.5. The number of ether oxygens (including phenoxy) is 1. The molecule has 0 aliphatic rings. The van der Waals surface area contributed by atoms with Gasteiger partial charge in [0.25, 0.3) is 5.91 Å². The molecule has 0 unspecified atom stereocenters. The maximum Gasteiger partial charge on any atom is 0.261 e. The molecule has 2 aromatic carbocycles. The lowest BCUT2D eigenvalue weighted by Crippen LogP contribution is -2.49. The molecule has 5 heteroatoms. The molecule has 0 fully saturated rings. The van der Waals surface area contributed by atoms with Gasteiger partial charge in [-0.1, -0.05) is 48.0 Å². The summed E-state index contributed by atoms with van der Waals surface area (Å²) in [6, 6.07) is 14.9. The van der Waals surface area contributed by atoms with E-state index >= 15 is 0 Å². The van der Waals surface area contributed by atoms with Gasteiger partial charge in [-0.25, -0.2) is 0 Å². The van der Waals surface area contributed by atoms with Crippen LogP contribution in [0, 0.1) is 13.8 Å². The lowest BCUT2D eigenvalue weighted by Gasteiger charge is -2.28. The average molecular weight is 368 g/mol. The number of likely N-dealkylation sites (N-methyl/N-ethyl adjacent to an activating group) is 1. The third-order valence-electron chi connectivity index (χ3n) is 4.44. The van der Waals surface area contributed by atoms with E-state index in [1.165, 1.54) is 0 Å². The van der Waals surface area contributed by atoms with Crippen LogP contribution in [0.3, 0.4) is 0 Å². The van der Waals surface area contributed by atoms with Crippen LogP contribution in [-0.2, 0) is 16.1 Å². The van der Waals surface area contributed by atoms with Crippen LogP contribution in [0.25, 0.3) is 0 Å². The first-order chi connectivity index (χ1) is 12.9. The van der Waals surface area contributed by atoms with E-state index in [9.17, 15) is 9.59 Å². The molecule has 144 valence electrons. The van der Waals surface area contributed by atoms with Gasteiger partial charge in [-0.3, -0.25) is 9.59 Å². The highest BCUT2D eigenvalue weighted by atomic mass is 16.5. The number of hydrogen-bond donors (Lipinski definition) is 1. The number of carbonyl (C=O) groups excluding carboxylic acids is 2. The van der Waals surface area contributed by atoms with Crippen molar-refractivity contribution in [1.82, 2.24) is 10.2 Å². The van der Waals surface area contributed by atoms with Crippen molar-refractivity contribution in [3.63, 3.8) is 0 Å². The van der Waals surface area contributed by atoms with E-state index in [0.717, 1.165) is 16.7 Å². The predicted octanol–water partition coefficient (Wildman–Crippen LogP) is 3.24. The summed E-state index contributed by atoms with van der Waals surface area (Å²) in [5, 5.41) is 2.78. The topological polar surface area (TPSA) is 58.6 Å². The smallest absolute Gasteiger partial charge is 0.261 e. The lowest BCUT2D eigenvalue weighted by atomic mass is 10.1. The Kier molecular flexibility index (Phi) is 7.41. The normalized spacial score (nSPS) is 11.6. The number of hydrogen-bond acceptors (Lipinski definition) is 3. The van der Waals surface area contributed by atoms with Gasteiger partial charge in [-0.2, -0.15) is 0 Å². The Morgan fingerprint density at radius 1 is 1.07 bits per heavy atom. The van der Waals surface area contributed by atoms with Crippen molar-refractivity contribution in [3.8, 4) is 5.75 Å². The van der Waals surface area contributed by atoms with Crippen LogP contribution in [0.15, 0.2) is 48.5 Å². The molecule has 27 heavy (non-hydrogen) atoms. The number of para-hydroxylation sites is 1. The Morgan fingerprint density at radius 2 is 1.74 bits per heavy atom. The lowest BCUT2D eigenvalue weighted by molar-refractivity contribution is -0.142. The summed E-state index contributed by atoms with van der Waals surface area (Å²) >= 11 is 0. The molecule has 0 aliphatic carbocycles. The maximum atomic E-state index is 12.9. The van der Waals surface area contributed by atoms with Crippen LogP contribution in [-0.4, -0.2) is 35.9 Å². The quantitative estimate of drug-likeness (QED) is 0.778. The highest BCUT2D eigenvalue weighted by Gasteiger charge is 2.26. The van der Waals surface area contributed by atoms with E-state index < -0.39 is 6.04 Å². The summed E-state index contributed by atoms with van der Waals surface area (Å²) in [5.74, 6) is 0.276. The van der Waals surface area contributed by atoms with Crippen molar-refractivity contribution in [2.24, 2.45) is 0 Å². The Morgan fingerprint density at radius 3 is 2.37 bits per heavy atom. The molecule has 0 saturated carbocycles. The van der Waals surface area contributed by atoms with Crippen LogP contribution in [0.1, 0.15) is 30.5 Å². The maximum absolute atomic E-state index is 12.9. The third-order valence-corrected chi connectivity index (χ3v) is 4.44. The fourth-order valence-corrected chi connectivity index (χ4v) is 2.74. The first kappa shape index (κ1) is 20.5. The van der Waals surface area contributed by atoms with Gasteiger partial charge in [0.05, 0.1) is 0 Å². The van der Waals surface area contributed by atoms with E-state index in [1.54, 1.807) is 11.8 Å². The molecule has 0 heterocycles. The number of rotatable bonds is 8. The Hall–Kier alpha value is -2.82. The van der Waals surface area contributed by atoms with E-state index in [2.05, 4.69) is 5.32 Å². The molecule has 2 rings (SSSR count). The first-order valence-electron chi connectivity index (χ1n) is 9.23. The molecule has 0 bridgehead atoms. The van der Waals surface area contributed by atoms with Crippen molar-refractivity contribution < 1.29 is 14.3 Å². The molecule has 0 radical (unpaired) electrons. The van der Waals surface area contributed by atoms with Crippen LogP contribution in [0.4, 0.5) is 0 Å². The zero-order chi connectivity index (χ0) is 19.8. The SMILES string of the molecule is CCNC(=O)[C@H](C)N(Cc1ccc(C)cc1)C(=O)COc1ccccc1C. The van der Waals surface area contributed by atoms with E-state index in [0.29, 0.717) is 18.8 Å². The van der Waals surface area contributed by atoms with E-state index in [4.69, 9.17) is 4.74 Å². The molecule has 2 aromatic rings. The summed E-state index contributed by atoms with van der Waals surface area (Å²) in [7, 11) is 0. The van der Waals surface area contributed by atoms with Gasteiger partial charge in [0.1, 0.15) is 11.8 Å². The van der Waals surface area contributed by atoms with Gasteiger partial charge in [-0.05, 0) is 44.9 Å². The molecule has 0 spiro atoms. The second-order valence-electron chi connectivity index (χ2n) is 6.63. The number of benzene rings is 2. The van der Waals surface area contributed by atoms with Crippen molar-refractivity contribution in [3.05, 3.63) is 65.2 Å². The minimum atomic E-state index is -0.584.